The minimum Gasteiger partial charge on any atom is -0.358 e. The van der Waals surface area contributed by atoms with Crippen molar-refractivity contribution in [3.8, 4) is 0 Å². The number of fused-ring (bicyclic) bond motifs is 1. The first-order chi connectivity index (χ1) is 10.8. The lowest BCUT2D eigenvalue weighted by Crippen LogP contribution is -2.46. The summed E-state index contributed by atoms with van der Waals surface area (Å²) in [4.78, 5) is 27.8. The molecule has 0 saturated carbocycles. The Morgan fingerprint density at radius 3 is 2.52 bits per heavy atom. The minimum absolute atomic E-state index is 0.165. The Morgan fingerprint density at radius 2 is 1.91 bits per heavy atom. The highest BCUT2D eigenvalue weighted by molar-refractivity contribution is 6.01. The normalized spacial score (nSPS) is 12.4. The number of carbonyl (C=O) groups excluding carboxylic acids is 2. The number of likely N-dealkylation sites (N-methyl/N-ethyl adjacent to an activating group) is 1. The zero-order chi connectivity index (χ0) is 17.1. The number of carbonyl (C=O) groups is 2. The molecule has 5 nitrogen and oxygen atoms in total. The first-order valence-electron chi connectivity index (χ1n) is 7.94. The maximum absolute atomic E-state index is 12.5. The second-order valence-electron chi connectivity index (χ2n) is 6.41. The minimum atomic E-state index is -0.516. The van der Waals surface area contributed by atoms with E-state index in [2.05, 4.69) is 15.6 Å². The van der Waals surface area contributed by atoms with E-state index in [4.69, 9.17) is 0 Å². The van der Waals surface area contributed by atoms with Gasteiger partial charge in [0.1, 0.15) is 6.04 Å². The standard InChI is InChI=1S/C18H25N3O2/c1-10(2)8-16(18(23)19-5)21-17(22)13-6-7-15-14(9-13)11(3)12(4)20-15/h6-7,9-10,16,20H,8H2,1-5H3,(H,19,23)(H,21,22). The second kappa shape index (κ2) is 6.86. The molecule has 0 aliphatic heterocycles. The molecule has 1 unspecified atom stereocenters. The first kappa shape index (κ1) is 17.1. The predicted molar refractivity (Wildman–Crippen MR) is 92.5 cm³/mol. The molecule has 1 aromatic carbocycles. The van der Waals surface area contributed by atoms with E-state index in [1.165, 1.54) is 0 Å². The Kier molecular flexibility index (Phi) is 5.08. The van der Waals surface area contributed by atoms with Crippen LogP contribution in [0.5, 0.6) is 0 Å². The van der Waals surface area contributed by atoms with Gasteiger partial charge in [0.05, 0.1) is 0 Å². The van der Waals surface area contributed by atoms with Gasteiger partial charge in [-0.1, -0.05) is 13.8 Å². The molecular formula is C18H25N3O2. The van der Waals surface area contributed by atoms with Crippen LogP contribution in [0, 0.1) is 19.8 Å². The molecule has 0 bridgehead atoms. The van der Waals surface area contributed by atoms with E-state index < -0.39 is 6.04 Å². The van der Waals surface area contributed by atoms with Gasteiger partial charge in [0, 0.05) is 29.2 Å². The monoisotopic (exact) mass is 315 g/mol. The molecule has 3 N–H and O–H groups in total. The number of aromatic amines is 1. The van der Waals surface area contributed by atoms with E-state index in [0.29, 0.717) is 17.9 Å². The third-order valence-corrected chi connectivity index (χ3v) is 4.15. The molecule has 2 amide bonds. The zero-order valence-corrected chi connectivity index (χ0v) is 14.4. The Bertz CT molecular complexity index is 731. The van der Waals surface area contributed by atoms with Crippen LogP contribution in [0.15, 0.2) is 18.2 Å². The van der Waals surface area contributed by atoms with Crippen molar-refractivity contribution in [2.24, 2.45) is 5.92 Å². The van der Waals surface area contributed by atoms with Crippen molar-refractivity contribution in [2.75, 3.05) is 7.05 Å². The van der Waals surface area contributed by atoms with Crippen LogP contribution >= 0.6 is 0 Å². The second-order valence-corrected chi connectivity index (χ2v) is 6.41. The molecule has 0 spiro atoms. The van der Waals surface area contributed by atoms with Crippen molar-refractivity contribution in [1.82, 2.24) is 15.6 Å². The SMILES string of the molecule is CNC(=O)C(CC(C)C)NC(=O)c1ccc2[nH]c(C)c(C)c2c1. The van der Waals surface area contributed by atoms with Crippen LogP contribution < -0.4 is 10.6 Å². The first-order valence-corrected chi connectivity index (χ1v) is 7.94. The van der Waals surface area contributed by atoms with Gasteiger partial charge in [0.15, 0.2) is 0 Å². The van der Waals surface area contributed by atoms with Gasteiger partial charge in [-0.05, 0) is 49.9 Å². The predicted octanol–water partition coefficient (Wildman–Crippen LogP) is 2.68. The molecule has 0 aliphatic carbocycles. The summed E-state index contributed by atoms with van der Waals surface area (Å²) in [6, 6.07) is 5.04. The van der Waals surface area contributed by atoms with Gasteiger partial charge < -0.3 is 15.6 Å². The summed E-state index contributed by atoms with van der Waals surface area (Å²) in [6.45, 7) is 8.10. The zero-order valence-electron chi connectivity index (χ0n) is 14.4. The van der Waals surface area contributed by atoms with Crippen molar-refractivity contribution < 1.29 is 9.59 Å². The molecular weight excluding hydrogens is 290 g/mol. The average Bonchev–Trinajstić information content (AvgIpc) is 2.79. The summed E-state index contributed by atoms with van der Waals surface area (Å²) in [6.07, 6.45) is 0.607. The van der Waals surface area contributed by atoms with E-state index in [0.717, 1.165) is 22.2 Å². The van der Waals surface area contributed by atoms with Gasteiger partial charge in [0.25, 0.3) is 5.91 Å². The topological polar surface area (TPSA) is 74.0 Å². The number of rotatable bonds is 5. The van der Waals surface area contributed by atoms with Gasteiger partial charge in [0.2, 0.25) is 5.91 Å². The van der Waals surface area contributed by atoms with Crippen LogP contribution in [0.4, 0.5) is 0 Å². The van der Waals surface area contributed by atoms with Gasteiger partial charge >= 0.3 is 0 Å². The van der Waals surface area contributed by atoms with Gasteiger partial charge in [-0.25, -0.2) is 0 Å². The number of amides is 2. The van der Waals surface area contributed by atoms with Crippen LogP contribution in [0.2, 0.25) is 0 Å². The Balaban J connectivity index is 2.24. The van der Waals surface area contributed by atoms with E-state index in [1.54, 1.807) is 13.1 Å². The average molecular weight is 315 g/mol. The van der Waals surface area contributed by atoms with Crippen LogP contribution in [0.3, 0.4) is 0 Å². The Labute approximate surface area is 136 Å². The summed E-state index contributed by atoms with van der Waals surface area (Å²) in [7, 11) is 1.58. The van der Waals surface area contributed by atoms with Gasteiger partial charge in [-0.3, -0.25) is 9.59 Å². The van der Waals surface area contributed by atoms with Crippen molar-refractivity contribution in [1.29, 1.82) is 0 Å². The fraction of sp³-hybridized carbons (Fsp3) is 0.444. The van der Waals surface area contributed by atoms with Gasteiger partial charge in [-0.15, -0.1) is 0 Å². The van der Waals surface area contributed by atoms with E-state index in [1.807, 2.05) is 39.8 Å². The Morgan fingerprint density at radius 1 is 1.22 bits per heavy atom. The molecule has 5 heteroatoms. The largest absolute Gasteiger partial charge is 0.358 e. The van der Waals surface area contributed by atoms with E-state index in [9.17, 15) is 9.59 Å². The number of hydrogen-bond acceptors (Lipinski definition) is 2. The Hall–Kier alpha value is -2.30. The van der Waals surface area contributed by atoms with Crippen LogP contribution in [0.1, 0.15) is 41.9 Å². The lowest BCUT2D eigenvalue weighted by Gasteiger charge is -2.19. The molecule has 0 saturated heterocycles. The summed E-state index contributed by atoms with van der Waals surface area (Å²) >= 11 is 0. The fourth-order valence-electron chi connectivity index (χ4n) is 2.72. The lowest BCUT2D eigenvalue weighted by molar-refractivity contribution is -0.122. The highest BCUT2D eigenvalue weighted by Gasteiger charge is 2.21. The van der Waals surface area contributed by atoms with Crippen LogP contribution in [0.25, 0.3) is 10.9 Å². The number of hydrogen-bond donors (Lipinski definition) is 3. The molecule has 0 radical (unpaired) electrons. The molecule has 2 aromatic rings. The molecule has 0 fully saturated rings. The van der Waals surface area contributed by atoms with Crippen LogP contribution in [-0.2, 0) is 4.79 Å². The summed E-state index contributed by atoms with van der Waals surface area (Å²) in [5.41, 5.74) is 3.82. The third kappa shape index (κ3) is 3.73. The quantitative estimate of drug-likeness (QED) is 0.793. The van der Waals surface area contributed by atoms with Crippen molar-refractivity contribution in [3.05, 3.63) is 35.0 Å². The molecule has 1 heterocycles. The molecule has 124 valence electrons. The number of aryl methyl sites for hydroxylation is 2. The molecule has 0 aliphatic rings. The lowest BCUT2D eigenvalue weighted by atomic mass is 10.0. The number of aromatic nitrogens is 1. The maximum Gasteiger partial charge on any atom is 0.251 e. The van der Waals surface area contributed by atoms with Crippen molar-refractivity contribution in [3.63, 3.8) is 0 Å². The number of H-pyrrole nitrogens is 1. The summed E-state index contributed by atoms with van der Waals surface area (Å²) in [5, 5.41) is 6.49. The smallest absolute Gasteiger partial charge is 0.251 e. The fourth-order valence-corrected chi connectivity index (χ4v) is 2.72. The molecule has 1 atom stereocenters. The van der Waals surface area contributed by atoms with Crippen molar-refractivity contribution >= 4 is 22.7 Å². The number of benzene rings is 1. The molecule has 2 rings (SSSR count). The summed E-state index contributed by atoms with van der Waals surface area (Å²) in [5.74, 6) is -0.0733. The highest BCUT2D eigenvalue weighted by Crippen LogP contribution is 2.22. The molecule has 23 heavy (non-hydrogen) atoms. The molecule has 1 aromatic heterocycles. The van der Waals surface area contributed by atoms with Crippen LogP contribution in [-0.4, -0.2) is 29.9 Å². The number of nitrogens with one attached hydrogen (secondary N) is 3. The van der Waals surface area contributed by atoms with Crippen molar-refractivity contribution in [2.45, 2.75) is 40.2 Å². The third-order valence-electron chi connectivity index (χ3n) is 4.15. The van der Waals surface area contributed by atoms with E-state index >= 15 is 0 Å². The highest BCUT2D eigenvalue weighted by atomic mass is 16.2. The maximum atomic E-state index is 12.5. The van der Waals surface area contributed by atoms with E-state index in [-0.39, 0.29) is 11.8 Å². The summed E-state index contributed by atoms with van der Waals surface area (Å²) < 4.78 is 0. The van der Waals surface area contributed by atoms with Gasteiger partial charge in [-0.2, -0.15) is 0 Å².